The highest BCUT2D eigenvalue weighted by Gasteiger charge is 2.26. The number of carbonyl (C=O) groups is 1. The molecule has 2 unspecified atom stereocenters. The zero-order valence-corrected chi connectivity index (χ0v) is 17.9. The summed E-state index contributed by atoms with van der Waals surface area (Å²) < 4.78 is 5.70. The molecule has 0 aromatic carbocycles. The maximum atomic E-state index is 12.6. The van der Waals surface area contributed by atoms with Gasteiger partial charge in [0.05, 0.1) is 18.0 Å². The van der Waals surface area contributed by atoms with Crippen molar-refractivity contribution < 1.29 is 9.53 Å². The number of nitrogens with zero attached hydrogens (tertiary/aromatic N) is 4. The van der Waals surface area contributed by atoms with Crippen molar-refractivity contribution in [2.45, 2.75) is 69.4 Å². The number of halogens is 1. The third kappa shape index (κ3) is 5.72. The maximum absolute atomic E-state index is 12.6. The minimum absolute atomic E-state index is 0.0702. The fraction of sp³-hybridized carbons (Fsp3) is 0.737. The molecule has 2 atom stereocenters. The number of hydrogen-bond acceptors (Lipinski definition) is 6. The van der Waals surface area contributed by atoms with Gasteiger partial charge in [0.25, 0.3) is 0 Å². The van der Waals surface area contributed by atoms with E-state index in [0.29, 0.717) is 35.2 Å². The van der Waals surface area contributed by atoms with Gasteiger partial charge in [-0.05, 0) is 26.7 Å². The SMILES string of the molecule is CC1CN(C(=O)CSc2nc(Cl)cc(N(C)C3CCCCC3)n2)CC(C)O1. The Hall–Kier alpha value is -1.05. The smallest absolute Gasteiger partial charge is 0.233 e. The molecule has 6 nitrogen and oxygen atoms in total. The number of rotatable bonds is 5. The van der Waals surface area contributed by atoms with Gasteiger partial charge >= 0.3 is 0 Å². The molecule has 27 heavy (non-hydrogen) atoms. The Morgan fingerprint density at radius 2 is 1.93 bits per heavy atom. The van der Waals surface area contributed by atoms with Gasteiger partial charge in [0.15, 0.2) is 5.16 Å². The first-order chi connectivity index (χ1) is 12.9. The highest BCUT2D eigenvalue weighted by Crippen LogP contribution is 2.28. The van der Waals surface area contributed by atoms with E-state index in [4.69, 9.17) is 16.3 Å². The fourth-order valence-electron chi connectivity index (χ4n) is 3.89. The first kappa shape index (κ1) is 20.7. The number of aromatic nitrogens is 2. The summed E-state index contributed by atoms with van der Waals surface area (Å²) in [5, 5.41) is 0.981. The highest BCUT2D eigenvalue weighted by atomic mass is 35.5. The largest absolute Gasteiger partial charge is 0.372 e. The molecule has 2 aliphatic rings. The van der Waals surface area contributed by atoms with Gasteiger partial charge in [0.2, 0.25) is 5.91 Å². The first-order valence-corrected chi connectivity index (χ1v) is 11.1. The lowest BCUT2D eigenvalue weighted by Crippen LogP contribution is -2.48. The summed E-state index contributed by atoms with van der Waals surface area (Å²) in [4.78, 5) is 25.6. The quantitative estimate of drug-likeness (QED) is 0.418. The molecule has 8 heteroatoms. The van der Waals surface area contributed by atoms with Crippen LogP contribution in [0.15, 0.2) is 11.2 Å². The normalized spacial score (nSPS) is 24.1. The van der Waals surface area contributed by atoms with Crippen molar-refractivity contribution in [1.82, 2.24) is 14.9 Å². The standard InChI is InChI=1S/C19H29ClN4O2S/c1-13-10-24(11-14(2)26-13)18(25)12-27-19-21-16(20)9-17(22-19)23(3)15-7-5-4-6-8-15/h9,13-15H,4-8,10-12H2,1-3H3. The second kappa shape index (κ2) is 9.43. The van der Waals surface area contributed by atoms with E-state index in [0.717, 1.165) is 5.82 Å². The Labute approximate surface area is 171 Å². The van der Waals surface area contributed by atoms with E-state index in [-0.39, 0.29) is 18.1 Å². The van der Waals surface area contributed by atoms with Gasteiger partial charge in [-0.15, -0.1) is 0 Å². The maximum Gasteiger partial charge on any atom is 0.233 e. The Morgan fingerprint density at radius 3 is 2.59 bits per heavy atom. The van der Waals surface area contributed by atoms with Gasteiger partial charge in [0.1, 0.15) is 11.0 Å². The van der Waals surface area contributed by atoms with Crippen molar-refractivity contribution in [3.63, 3.8) is 0 Å². The molecule has 0 radical (unpaired) electrons. The van der Waals surface area contributed by atoms with Crippen LogP contribution >= 0.6 is 23.4 Å². The van der Waals surface area contributed by atoms with Crippen molar-refractivity contribution >= 4 is 35.1 Å². The van der Waals surface area contributed by atoms with Crippen LogP contribution in [-0.2, 0) is 9.53 Å². The van der Waals surface area contributed by atoms with Crippen LogP contribution < -0.4 is 4.90 Å². The van der Waals surface area contributed by atoms with E-state index in [9.17, 15) is 4.79 Å². The fourth-order valence-corrected chi connectivity index (χ4v) is 4.87. The average Bonchev–Trinajstić information content (AvgIpc) is 2.65. The molecule has 0 bridgehead atoms. The van der Waals surface area contributed by atoms with Crippen LogP contribution in [-0.4, -0.2) is 64.9 Å². The van der Waals surface area contributed by atoms with Gasteiger partial charge in [0, 0.05) is 32.2 Å². The molecule has 150 valence electrons. The summed E-state index contributed by atoms with van der Waals surface area (Å²) in [6.45, 7) is 5.26. The zero-order valence-electron chi connectivity index (χ0n) is 16.4. The van der Waals surface area contributed by atoms with E-state index in [1.54, 1.807) is 0 Å². The van der Waals surface area contributed by atoms with Gasteiger partial charge < -0.3 is 14.5 Å². The monoisotopic (exact) mass is 412 g/mol. The molecule has 1 saturated heterocycles. The molecule has 1 amide bonds. The van der Waals surface area contributed by atoms with Gasteiger partial charge in [-0.2, -0.15) is 0 Å². The van der Waals surface area contributed by atoms with E-state index in [1.165, 1.54) is 43.9 Å². The van der Waals surface area contributed by atoms with Crippen molar-refractivity contribution in [3.8, 4) is 0 Å². The van der Waals surface area contributed by atoms with E-state index in [2.05, 4.69) is 21.9 Å². The van der Waals surface area contributed by atoms with Crippen molar-refractivity contribution in [1.29, 1.82) is 0 Å². The average molecular weight is 413 g/mol. The van der Waals surface area contributed by atoms with Crippen LogP contribution in [0.1, 0.15) is 46.0 Å². The Balaban J connectivity index is 1.61. The van der Waals surface area contributed by atoms with Crippen LogP contribution in [0.2, 0.25) is 5.15 Å². The molecule has 0 N–H and O–H groups in total. The predicted molar refractivity (Wildman–Crippen MR) is 110 cm³/mol. The zero-order chi connectivity index (χ0) is 19.4. The van der Waals surface area contributed by atoms with E-state index < -0.39 is 0 Å². The molecular weight excluding hydrogens is 384 g/mol. The minimum atomic E-state index is 0.0702. The first-order valence-electron chi connectivity index (χ1n) is 9.76. The lowest BCUT2D eigenvalue weighted by molar-refractivity contribution is -0.140. The van der Waals surface area contributed by atoms with Gasteiger partial charge in [-0.25, -0.2) is 9.97 Å². The molecule has 1 aliphatic heterocycles. The number of hydrogen-bond donors (Lipinski definition) is 0. The molecule has 1 aliphatic carbocycles. The topological polar surface area (TPSA) is 58.6 Å². The molecule has 1 saturated carbocycles. The molecule has 3 rings (SSSR count). The molecule has 2 fully saturated rings. The molecule has 1 aromatic rings. The number of morpholine rings is 1. The highest BCUT2D eigenvalue weighted by molar-refractivity contribution is 7.99. The summed E-state index contributed by atoms with van der Waals surface area (Å²) in [5.41, 5.74) is 0. The van der Waals surface area contributed by atoms with E-state index in [1.807, 2.05) is 24.8 Å². The molecule has 1 aromatic heterocycles. The number of ether oxygens (including phenoxy) is 1. The summed E-state index contributed by atoms with van der Waals surface area (Å²) in [6, 6.07) is 2.31. The lowest BCUT2D eigenvalue weighted by atomic mass is 9.94. The van der Waals surface area contributed by atoms with Crippen LogP contribution in [0.3, 0.4) is 0 Å². The lowest BCUT2D eigenvalue weighted by Gasteiger charge is -2.35. The molecular formula is C19H29ClN4O2S. The number of carbonyl (C=O) groups excluding carboxylic acids is 1. The third-order valence-corrected chi connectivity index (χ3v) is 6.27. The van der Waals surface area contributed by atoms with Crippen molar-refractivity contribution in [3.05, 3.63) is 11.2 Å². The van der Waals surface area contributed by atoms with Crippen LogP contribution in [0, 0.1) is 0 Å². The predicted octanol–water partition coefficient (Wildman–Crippen LogP) is 3.63. The second-order valence-electron chi connectivity index (χ2n) is 7.58. The van der Waals surface area contributed by atoms with Gasteiger partial charge in [-0.1, -0.05) is 42.6 Å². The molecule has 2 heterocycles. The summed E-state index contributed by atoms with van der Waals surface area (Å²) in [7, 11) is 2.07. The Morgan fingerprint density at radius 1 is 1.26 bits per heavy atom. The number of anilines is 1. The Kier molecular flexibility index (Phi) is 7.22. The van der Waals surface area contributed by atoms with Crippen molar-refractivity contribution in [2.75, 3.05) is 30.8 Å². The van der Waals surface area contributed by atoms with Crippen LogP contribution in [0.5, 0.6) is 0 Å². The summed E-state index contributed by atoms with van der Waals surface area (Å²) in [5.74, 6) is 1.24. The number of thioether (sulfide) groups is 1. The summed E-state index contributed by atoms with van der Waals surface area (Å²) in [6.07, 6.45) is 6.36. The van der Waals surface area contributed by atoms with E-state index >= 15 is 0 Å². The van der Waals surface area contributed by atoms with Gasteiger partial charge in [-0.3, -0.25) is 4.79 Å². The third-order valence-electron chi connectivity index (χ3n) is 5.24. The van der Waals surface area contributed by atoms with Crippen LogP contribution in [0.25, 0.3) is 0 Å². The molecule has 0 spiro atoms. The minimum Gasteiger partial charge on any atom is -0.372 e. The second-order valence-corrected chi connectivity index (χ2v) is 8.91. The van der Waals surface area contributed by atoms with Crippen LogP contribution in [0.4, 0.5) is 5.82 Å². The Bertz CT molecular complexity index is 647. The number of amides is 1. The summed E-state index contributed by atoms with van der Waals surface area (Å²) >= 11 is 7.58. The van der Waals surface area contributed by atoms with Crippen molar-refractivity contribution in [2.24, 2.45) is 0 Å².